The van der Waals surface area contributed by atoms with Gasteiger partial charge in [0.05, 0.1) is 6.04 Å². The molecular weight excluding hydrogens is 362 g/mol. The number of carbonyl (C=O) groups is 1. The second kappa shape index (κ2) is 6.89. The topological polar surface area (TPSA) is 71.8 Å². The molecule has 136 valence electrons. The molecule has 0 saturated carbocycles. The van der Waals surface area contributed by atoms with Gasteiger partial charge in [0.25, 0.3) is 0 Å². The van der Waals surface area contributed by atoms with Gasteiger partial charge in [-0.25, -0.2) is 4.68 Å². The molecule has 1 aliphatic heterocycles. The van der Waals surface area contributed by atoms with Crippen molar-refractivity contribution in [3.63, 3.8) is 0 Å². The Morgan fingerprint density at radius 2 is 1.96 bits per heavy atom. The Morgan fingerprint density at radius 3 is 2.74 bits per heavy atom. The van der Waals surface area contributed by atoms with Gasteiger partial charge in [-0.2, -0.15) is 10.1 Å². The van der Waals surface area contributed by atoms with E-state index in [2.05, 4.69) is 27.3 Å². The SMILES string of the molecule is C=C1Nc2ncnn2[C@@H](c2ccccc2Cl)[C@@H]1C(=O)Nc1ccccc1C. The Balaban J connectivity index is 1.77. The number of halogens is 1. The number of aromatic nitrogens is 3. The van der Waals surface area contributed by atoms with Crippen molar-refractivity contribution in [3.05, 3.63) is 83.3 Å². The van der Waals surface area contributed by atoms with E-state index < -0.39 is 12.0 Å². The van der Waals surface area contributed by atoms with Crippen LogP contribution in [0, 0.1) is 12.8 Å². The van der Waals surface area contributed by atoms with Crippen molar-refractivity contribution in [1.82, 2.24) is 14.8 Å². The molecule has 0 bridgehead atoms. The maximum Gasteiger partial charge on any atom is 0.235 e. The highest BCUT2D eigenvalue weighted by Gasteiger charge is 2.40. The number of rotatable bonds is 3. The molecule has 7 heteroatoms. The Hall–Kier alpha value is -3.12. The summed E-state index contributed by atoms with van der Waals surface area (Å²) in [6.45, 7) is 6.02. The number of nitrogens with one attached hydrogen (secondary N) is 2. The number of carbonyl (C=O) groups excluding carboxylic acids is 1. The number of hydrogen-bond donors (Lipinski definition) is 2. The fraction of sp³-hybridized carbons (Fsp3) is 0.150. The molecule has 1 aliphatic rings. The summed E-state index contributed by atoms with van der Waals surface area (Å²) in [6.07, 6.45) is 1.45. The van der Waals surface area contributed by atoms with Gasteiger partial charge in [-0.05, 0) is 30.2 Å². The summed E-state index contributed by atoms with van der Waals surface area (Å²) in [5.74, 6) is -0.267. The number of benzene rings is 2. The lowest BCUT2D eigenvalue weighted by atomic mass is 9.88. The Kier molecular flexibility index (Phi) is 4.41. The van der Waals surface area contributed by atoms with Crippen LogP contribution in [0.25, 0.3) is 0 Å². The van der Waals surface area contributed by atoms with Crippen LogP contribution in [0.3, 0.4) is 0 Å². The zero-order chi connectivity index (χ0) is 19.0. The first kappa shape index (κ1) is 17.3. The number of hydrogen-bond acceptors (Lipinski definition) is 4. The lowest BCUT2D eigenvalue weighted by Crippen LogP contribution is -2.39. The number of aryl methyl sites for hydroxylation is 1. The highest BCUT2D eigenvalue weighted by molar-refractivity contribution is 6.31. The molecule has 2 atom stereocenters. The zero-order valence-corrected chi connectivity index (χ0v) is 15.4. The third-order valence-corrected chi connectivity index (χ3v) is 5.05. The van der Waals surface area contributed by atoms with E-state index in [1.165, 1.54) is 6.33 Å². The molecule has 3 aromatic rings. The van der Waals surface area contributed by atoms with Crippen LogP contribution in [0.2, 0.25) is 5.02 Å². The van der Waals surface area contributed by atoms with Crippen LogP contribution in [-0.2, 0) is 4.79 Å². The molecule has 27 heavy (non-hydrogen) atoms. The van der Waals surface area contributed by atoms with E-state index in [4.69, 9.17) is 11.6 Å². The first-order valence-corrected chi connectivity index (χ1v) is 8.90. The highest BCUT2D eigenvalue weighted by Crippen LogP contribution is 2.40. The summed E-state index contributed by atoms with van der Waals surface area (Å²) < 4.78 is 1.68. The molecule has 4 rings (SSSR count). The standard InChI is InChI=1S/C20H18ClN5O/c1-12-7-3-6-10-16(12)25-19(27)17-13(2)24-20-22-11-23-26(20)18(17)14-8-4-5-9-15(14)21/h3-11,17-18H,2H2,1H3,(H,25,27)(H,22,23,24)/t17-,18+/m1/s1. The average Bonchev–Trinajstić information content (AvgIpc) is 3.11. The summed E-state index contributed by atoms with van der Waals surface area (Å²) >= 11 is 6.45. The van der Waals surface area contributed by atoms with Crippen molar-refractivity contribution >= 4 is 29.1 Å². The number of amides is 1. The van der Waals surface area contributed by atoms with E-state index in [0.29, 0.717) is 16.7 Å². The van der Waals surface area contributed by atoms with Gasteiger partial charge in [0.15, 0.2) is 0 Å². The van der Waals surface area contributed by atoms with E-state index in [0.717, 1.165) is 16.8 Å². The van der Waals surface area contributed by atoms with E-state index in [1.807, 2.05) is 49.4 Å². The Morgan fingerprint density at radius 1 is 1.22 bits per heavy atom. The summed E-state index contributed by atoms with van der Waals surface area (Å²) in [6, 6.07) is 14.6. The normalized spacial score (nSPS) is 18.5. The van der Waals surface area contributed by atoms with Gasteiger partial charge < -0.3 is 10.6 Å². The summed E-state index contributed by atoms with van der Waals surface area (Å²) in [4.78, 5) is 17.4. The summed E-state index contributed by atoms with van der Waals surface area (Å²) in [7, 11) is 0. The predicted octanol–water partition coefficient (Wildman–Crippen LogP) is 4.02. The van der Waals surface area contributed by atoms with Gasteiger partial charge in [-0.1, -0.05) is 54.6 Å². The smallest absolute Gasteiger partial charge is 0.235 e. The fourth-order valence-electron chi connectivity index (χ4n) is 3.35. The fourth-order valence-corrected chi connectivity index (χ4v) is 3.60. The van der Waals surface area contributed by atoms with Crippen molar-refractivity contribution in [1.29, 1.82) is 0 Å². The van der Waals surface area contributed by atoms with Gasteiger partial charge in [0, 0.05) is 16.4 Å². The maximum absolute atomic E-state index is 13.2. The molecule has 1 aromatic heterocycles. The molecule has 0 saturated heterocycles. The van der Waals surface area contributed by atoms with Crippen molar-refractivity contribution < 1.29 is 4.79 Å². The van der Waals surface area contributed by atoms with Crippen LogP contribution in [0.4, 0.5) is 11.6 Å². The predicted molar refractivity (Wildman–Crippen MR) is 106 cm³/mol. The van der Waals surface area contributed by atoms with E-state index in [1.54, 1.807) is 10.7 Å². The van der Waals surface area contributed by atoms with E-state index in [9.17, 15) is 4.79 Å². The van der Waals surface area contributed by atoms with Crippen molar-refractivity contribution in [2.45, 2.75) is 13.0 Å². The molecule has 2 aromatic carbocycles. The minimum absolute atomic E-state index is 0.187. The molecular formula is C20H18ClN5O. The number of nitrogens with zero attached hydrogens (tertiary/aromatic N) is 3. The Labute approximate surface area is 161 Å². The maximum atomic E-state index is 13.2. The van der Waals surface area contributed by atoms with Gasteiger partial charge in [0.1, 0.15) is 12.2 Å². The number of anilines is 2. The second-order valence-electron chi connectivity index (χ2n) is 6.43. The molecule has 0 fully saturated rings. The van der Waals surface area contributed by atoms with Crippen molar-refractivity contribution in [3.8, 4) is 0 Å². The summed E-state index contributed by atoms with van der Waals surface area (Å²) in [5, 5.41) is 11.0. The highest BCUT2D eigenvalue weighted by atomic mass is 35.5. The zero-order valence-electron chi connectivity index (χ0n) is 14.7. The van der Waals surface area contributed by atoms with Crippen LogP contribution in [-0.4, -0.2) is 20.7 Å². The lowest BCUT2D eigenvalue weighted by Gasteiger charge is -2.34. The van der Waals surface area contributed by atoms with Crippen LogP contribution in [0.15, 0.2) is 67.1 Å². The average molecular weight is 380 g/mol. The molecule has 2 heterocycles. The van der Waals surface area contributed by atoms with E-state index in [-0.39, 0.29) is 5.91 Å². The minimum Gasteiger partial charge on any atom is -0.328 e. The summed E-state index contributed by atoms with van der Waals surface area (Å²) in [5.41, 5.74) is 3.08. The minimum atomic E-state index is -0.612. The van der Waals surface area contributed by atoms with Gasteiger partial charge in [-0.3, -0.25) is 4.79 Å². The first-order chi connectivity index (χ1) is 13.1. The molecule has 0 spiro atoms. The van der Waals surface area contributed by atoms with Gasteiger partial charge in [-0.15, -0.1) is 0 Å². The first-order valence-electron chi connectivity index (χ1n) is 8.52. The Bertz CT molecular complexity index is 1030. The van der Waals surface area contributed by atoms with Crippen LogP contribution >= 0.6 is 11.6 Å². The third kappa shape index (κ3) is 3.08. The third-order valence-electron chi connectivity index (χ3n) is 4.71. The molecule has 0 radical (unpaired) electrons. The quantitative estimate of drug-likeness (QED) is 0.720. The molecule has 2 N–H and O–H groups in total. The largest absolute Gasteiger partial charge is 0.328 e. The van der Waals surface area contributed by atoms with Gasteiger partial charge >= 0.3 is 0 Å². The second-order valence-corrected chi connectivity index (χ2v) is 6.83. The van der Waals surface area contributed by atoms with Gasteiger partial charge in [0.2, 0.25) is 11.9 Å². The van der Waals surface area contributed by atoms with Crippen molar-refractivity contribution in [2.75, 3.05) is 10.6 Å². The van der Waals surface area contributed by atoms with Crippen LogP contribution < -0.4 is 10.6 Å². The van der Waals surface area contributed by atoms with Crippen LogP contribution in [0.1, 0.15) is 17.2 Å². The lowest BCUT2D eigenvalue weighted by molar-refractivity contribution is -0.119. The molecule has 6 nitrogen and oxygen atoms in total. The molecule has 1 amide bonds. The van der Waals surface area contributed by atoms with Crippen molar-refractivity contribution in [2.24, 2.45) is 5.92 Å². The number of fused-ring (bicyclic) bond motifs is 1. The molecule has 0 unspecified atom stereocenters. The molecule has 0 aliphatic carbocycles. The van der Waals surface area contributed by atoms with Crippen LogP contribution in [0.5, 0.6) is 0 Å². The number of para-hydroxylation sites is 1. The monoisotopic (exact) mass is 379 g/mol. The van der Waals surface area contributed by atoms with E-state index >= 15 is 0 Å².